The fourth-order valence-corrected chi connectivity index (χ4v) is 3.95. The molecule has 1 amide bonds. The van der Waals surface area contributed by atoms with Gasteiger partial charge in [-0.3, -0.25) is 4.79 Å². The van der Waals surface area contributed by atoms with Crippen molar-refractivity contribution in [3.63, 3.8) is 0 Å². The highest BCUT2D eigenvalue weighted by molar-refractivity contribution is 8.00. The molecule has 0 saturated heterocycles. The molecule has 0 aliphatic rings. The normalized spacial score (nSPS) is 10.9. The first-order valence-electron chi connectivity index (χ1n) is 10.4. The third-order valence-corrected chi connectivity index (χ3v) is 5.88. The third kappa shape index (κ3) is 5.05. The predicted octanol–water partition coefficient (Wildman–Crippen LogP) is 4.29. The average Bonchev–Trinajstić information content (AvgIpc) is 3.27. The van der Waals surface area contributed by atoms with E-state index in [0.717, 1.165) is 24.2 Å². The predicted molar refractivity (Wildman–Crippen MR) is 125 cm³/mol. The number of nitrogens with zero attached hydrogens (tertiary/aromatic N) is 5. The lowest BCUT2D eigenvalue weighted by Crippen LogP contribution is -2.14. The Bertz CT molecular complexity index is 1210. The first-order chi connectivity index (χ1) is 15.7. The van der Waals surface area contributed by atoms with E-state index < -0.39 is 0 Å². The summed E-state index contributed by atoms with van der Waals surface area (Å²) in [5, 5.41) is 12.0. The van der Waals surface area contributed by atoms with Crippen molar-refractivity contribution in [2.45, 2.75) is 31.2 Å². The van der Waals surface area contributed by atoms with Crippen LogP contribution in [-0.2, 0) is 11.2 Å². The van der Waals surface area contributed by atoms with Crippen LogP contribution in [0.2, 0.25) is 0 Å². The first kappa shape index (κ1) is 21.8. The molecule has 164 valence electrons. The second-order valence-electron chi connectivity index (χ2n) is 7.19. The fraction of sp³-hybridized carbons (Fsp3) is 0.261. The number of rotatable bonds is 9. The van der Waals surface area contributed by atoms with Crippen molar-refractivity contribution in [2.24, 2.45) is 0 Å². The van der Waals surface area contributed by atoms with Gasteiger partial charge in [-0.25, -0.2) is 9.97 Å². The molecule has 0 bridgehead atoms. The minimum atomic E-state index is -0.108. The number of hydrogen-bond donors (Lipinski definition) is 1. The van der Waals surface area contributed by atoms with Crippen LogP contribution in [0, 0.1) is 0 Å². The van der Waals surface area contributed by atoms with Gasteiger partial charge in [-0.15, -0.1) is 5.10 Å². The van der Waals surface area contributed by atoms with E-state index in [2.05, 4.69) is 44.7 Å². The Hall–Kier alpha value is -3.46. The van der Waals surface area contributed by atoms with Gasteiger partial charge in [-0.05, 0) is 42.7 Å². The number of aromatic nitrogens is 5. The summed E-state index contributed by atoms with van der Waals surface area (Å²) in [6, 6.07) is 15.5. The number of ether oxygens (including phenoxy) is 1. The van der Waals surface area contributed by atoms with Gasteiger partial charge in [0.05, 0.1) is 18.6 Å². The summed E-state index contributed by atoms with van der Waals surface area (Å²) in [4.78, 5) is 21.1. The largest absolute Gasteiger partial charge is 0.497 e. The lowest BCUT2D eigenvalue weighted by Gasteiger charge is -2.07. The summed E-state index contributed by atoms with van der Waals surface area (Å²) >= 11 is 1.30. The summed E-state index contributed by atoms with van der Waals surface area (Å²) < 4.78 is 6.91. The molecule has 0 spiro atoms. The molecule has 0 saturated carbocycles. The molecule has 4 rings (SSSR count). The van der Waals surface area contributed by atoms with Gasteiger partial charge < -0.3 is 10.1 Å². The summed E-state index contributed by atoms with van der Waals surface area (Å²) in [5.41, 5.74) is 3.96. The zero-order valence-corrected chi connectivity index (χ0v) is 18.8. The van der Waals surface area contributed by atoms with Gasteiger partial charge in [-0.1, -0.05) is 48.5 Å². The summed E-state index contributed by atoms with van der Waals surface area (Å²) in [6.07, 6.45) is 4.84. The SMILES string of the molecule is CCCCc1ccc(NC(=O)CSc2ncnc3c2nnn3-c2cccc(OC)c2)cc1. The van der Waals surface area contributed by atoms with Gasteiger partial charge in [-0.2, -0.15) is 4.68 Å². The van der Waals surface area contributed by atoms with Crippen LogP contribution in [0.3, 0.4) is 0 Å². The average molecular weight is 449 g/mol. The van der Waals surface area contributed by atoms with Gasteiger partial charge >= 0.3 is 0 Å². The van der Waals surface area contributed by atoms with Crippen molar-refractivity contribution in [2.75, 3.05) is 18.2 Å². The zero-order chi connectivity index (χ0) is 22.3. The Morgan fingerprint density at radius 1 is 1.16 bits per heavy atom. The molecule has 0 atom stereocenters. The molecule has 9 heteroatoms. The van der Waals surface area contributed by atoms with Crippen molar-refractivity contribution in [3.05, 3.63) is 60.4 Å². The Morgan fingerprint density at radius 2 is 2.00 bits per heavy atom. The molecular weight excluding hydrogens is 424 g/mol. The minimum Gasteiger partial charge on any atom is -0.497 e. The number of anilines is 1. The summed E-state index contributed by atoms with van der Waals surface area (Å²) in [5.74, 6) is 0.809. The number of benzene rings is 2. The third-order valence-electron chi connectivity index (χ3n) is 4.90. The van der Waals surface area contributed by atoms with E-state index in [4.69, 9.17) is 4.74 Å². The number of aryl methyl sites for hydroxylation is 1. The second kappa shape index (κ2) is 10.2. The Balaban J connectivity index is 1.43. The molecule has 2 aromatic heterocycles. The molecule has 2 heterocycles. The van der Waals surface area contributed by atoms with Crippen LogP contribution in [0.4, 0.5) is 5.69 Å². The van der Waals surface area contributed by atoms with Crippen molar-refractivity contribution < 1.29 is 9.53 Å². The Labute approximate surface area is 190 Å². The lowest BCUT2D eigenvalue weighted by molar-refractivity contribution is -0.113. The van der Waals surface area contributed by atoms with E-state index in [9.17, 15) is 4.79 Å². The molecule has 8 nitrogen and oxygen atoms in total. The van der Waals surface area contributed by atoms with Crippen molar-refractivity contribution in [3.8, 4) is 11.4 Å². The standard InChI is InChI=1S/C23H24N6O2S/c1-3-4-6-16-9-11-17(12-10-16)26-20(30)14-32-23-21-22(24-15-25-23)29(28-27-21)18-7-5-8-19(13-18)31-2/h5,7-13,15H,3-4,6,14H2,1-2H3,(H,26,30). The summed E-state index contributed by atoms with van der Waals surface area (Å²) in [6.45, 7) is 2.18. The first-order valence-corrected chi connectivity index (χ1v) is 11.4. The highest BCUT2D eigenvalue weighted by Crippen LogP contribution is 2.25. The van der Waals surface area contributed by atoms with E-state index in [-0.39, 0.29) is 11.7 Å². The van der Waals surface area contributed by atoms with Gasteiger partial charge in [0.2, 0.25) is 5.91 Å². The van der Waals surface area contributed by atoms with Crippen LogP contribution in [0.25, 0.3) is 16.9 Å². The molecule has 0 fully saturated rings. The lowest BCUT2D eigenvalue weighted by atomic mass is 10.1. The molecular formula is C23H24N6O2S. The molecule has 2 aromatic carbocycles. The van der Waals surface area contributed by atoms with E-state index in [0.29, 0.717) is 21.9 Å². The molecule has 0 aliphatic heterocycles. The van der Waals surface area contributed by atoms with Gasteiger partial charge in [0, 0.05) is 11.8 Å². The molecule has 0 radical (unpaired) electrons. The number of amides is 1. The van der Waals surface area contributed by atoms with E-state index >= 15 is 0 Å². The van der Waals surface area contributed by atoms with E-state index in [1.165, 1.54) is 30.1 Å². The molecule has 4 aromatic rings. The van der Waals surface area contributed by atoms with Crippen LogP contribution in [0.15, 0.2) is 59.9 Å². The summed E-state index contributed by atoms with van der Waals surface area (Å²) in [7, 11) is 1.61. The number of carbonyl (C=O) groups is 1. The number of hydrogen-bond acceptors (Lipinski definition) is 7. The zero-order valence-electron chi connectivity index (χ0n) is 18.0. The quantitative estimate of drug-likeness (QED) is 0.301. The number of methoxy groups -OCH3 is 1. The van der Waals surface area contributed by atoms with Crippen molar-refractivity contribution in [1.82, 2.24) is 25.0 Å². The Morgan fingerprint density at radius 3 is 2.78 bits per heavy atom. The highest BCUT2D eigenvalue weighted by atomic mass is 32.2. The number of carbonyl (C=O) groups excluding carboxylic acids is 1. The molecule has 1 N–H and O–H groups in total. The maximum absolute atomic E-state index is 12.4. The number of fused-ring (bicyclic) bond motifs is 1. The smallest absolute Gasteiger partial charge is 0.234 e. The Kier molecular flexibility index (Phi) is 6.96. The van der Waals surface area contributed by atoms with Gasteiger partial charge in [0.1, 0.15) is 17.1 Å². The monoisotopic (exact) mass is 448 g/mol. The fourth-order valence-electron chi connectivity index (χ4n) is 3.22. The van der Waals surface area contributed by atoms with Crippen LogP contribution in [0.5, 0.6) is 5.75 Å². The van der Waals surface area contributed by atoms with E-state index in [1.54, 1.807) is 11.8 Å². The highest BCUT2D eigenvalue weighted by Gasteiger charge is 2.15. The van der Waals surface area contributed by atoms with Crippen LogP contribution >= 0.6 is 11.8 Å². The van der Waals surface area contributed by atoms with Crippen LogP contribution in [0.1, 0.15) is 25.3 Å². The maximum Gasteiger partial charge on any atom is 0.234 e. The van der Waals surface area contributed by atoms with Crippen LogP contribution < -0.4 is 10.1 Å². The van der Waals surface area contributed by atoms with E-state index in [1.807, 2.05) is 36.4 Å². The van der Waals surface area contributed by atoms with Crippen molar-refractivity contribution in [1.29, 1.82) is 0 Å². The van der Waals surface area contributed by atoms with Gasteiger partial charge in [0.15, 0.2) is 11.2 Å². The second-order valence-corrected chi connectivity index (χ2v) is 8.16. The molecule has 32 heavy (non-hydrogen) atoms. The number of unbranched alkanes of at least 4 members (excludes halogenated alkanes) is 1. The topological polar surface area (TPSA) is 94.8 Å². The molecule has 0 aliphatic carbocycles. The number of thioether (sulfide) groups is 1. The van der Waals surface area contributed by atoms with Crippen molar-refractivity contribution >= 4 is 34.5 Å². The number of nitrogens with one attached hydrogen (secondary N) is 1. The van der Waals surface area contributed by atoms with Gasteiger partial charge in [0.25, 0.3) is 0 Å². The minimum absolute atomic E-state index is 0.108. The molecule has 0 unspecified atom stereocenters. The maximum atomic E-state index is 12.4. The van der Waals surface area contributed by atoms with Crippen LogP contribution in [-0.4, -0.2) is 43.7 Å².